The van der Waals surface area contributed by atoms with Gasteiger partial charge in [0.05, 0.1) is 5.69 Å². The monoisotopic (exact) mass is 284 g/mol. The first-order chi connectivity index (χ1) is 10.1. The van der Waals surface area contributed by atoms with Gasteiger partial charge in [-0.25, -0.2) is 23.8 Å². The van der Waals surface area contributed by atoms with Gasteiger partial charge in [-0.15, -0.1) is 0 Å². The van der Waals surface area contributed by atoms with Gasteiger partial charge in [-0.3, -0.25) is 0 Å². The maximum atomic E-state index is 12.9. The third-order valence-electron chi connectivity index (χ3n) is 2.84. The standard InChI is InChI=1S/C14H9FN4O2/c15-10-3-1-9(2-4-10)12-7-13(17-8-16-12)19-6-5-11(18-19)14(20)21/h1-8H,(H,20,21). The maximum Gasteiger partial charge on any atom is 0.356 e. The number of nitrogens with zero attached hydrogens (tertiary/aromatic N) is 4. The molecule has 0 fully saturated rings. The van der Waals surface area contributed by atoms with E-state index in [9.17, 15) is 9.18 Å². The van der Waals surface area contributed by atoms with Gasteiger partial charge in [-0.2, -0.15) is 5.10 Å². The Morgan fingerprint density at radius 2 is 1.90 bits per heavy atom. The topological polar surface area (TPSA) is 80.9 Å². The minimum absolute atomic E-state index is 0.0723. The van der Waals surface area contributed by atoms with Crippen LogP contribution in [0.2, 0.25) is 0 Å². The van der Waals surface area contributed by atoms with E-state index in [1.54, 1.807) is 18.2 Å². The summed E-state index contributed by atoms with van der Waals surface area (Å²) < 4.78 is 14.3. The number of benzene rings is 1. The number of rotatable bonds is 3. The van der Waals surface area contributed by atoms with Crippen molar-refractivity contribution in [3.05, 3.63) is 60.4 Å². The van der Waals surface area contributed by atoms with Crippen LogP contribution in [-0.2, 0) is 0 Å². The Balaban J connectivity index is 1.99. The van der Waals surface area contributed by atoms with Crippen LogP contribution in [0.4, 0.5) is 4.39 Å². The summed E-state index contributed by atoms with van der Waals surface area (Å²) in [5, 5.41) is 12.8. The number of carboxylic acids is 1. The average Bonchev–Trinajstić information content (AvgIpc) is 2.98. The molecule has 7 heteroatoms. The van der Waals surface area contributed by atoms with E-state index >= 15 is 0 Å². The van der Waals surface area contributed by atoms with Gasteiger partial charge in [0.2, 0.25) is 0 Å². The molecule has 1 aromatic carbocycles. The highest BCUT2D eigenvalue weighted by Gasteiger charge is 2.09. The summed E-state index contributed by atoms with van der Waals surface area (Å²) in [4.78, 5) is 19.0. The first kappa shape index (κ1) is 12.9. The zero-order valence-corrected chi connectivity index (χ0v) is 10.6. The number of aromatic carboxylic acids is 1. The van der Waals surface area contributed by atoms with E-state index in [-0.39, 0.29) is 11.5 Å². The predicted octanol–water partition coefficient (Wildman–Crippen LogP) is 2.17. The van der Waals surface area contributed by atoms with E-state index in [2.05, 4.69) is 15.1 Å². The molecule has 21 heavy (non-hydrogen) atoms. The van der Waals surface area contributed by atoms with Crippen LogP contribution >= 0.6 is 0 Å². The van der Waals surface area contributed by atoms with Crippen molar-refractivity contribution in [3.63, 3.8) is 0 Å². The summed E-state index contributed by atoms with van der Waals surface area (Å²) in [6.45, 7) is 0. The smallest absolute Gasteiger partial charge is 0.356 e. The summed E-state index contributed by atoms with van der Waals surface area (Å²) >= 11 is 0. The second-order valence-corrected chi connectivity index (χ2v) is 4.22. The number of aromatic nitrogens is 4. The van der Waals surface area contributed by atoms with Crippen molar-refractivity contribution in [3.8, 4) is 17.1 Å². The zero-order chi connectivity index (χ0) is 14.8. The van der Waals surface area contributed by atoms with E-state index in [1.807, 2.05) is 0 Å². The van der Waals surface area contributed by atoms with Crippen LogP contribution in [0.1, 0.15) is 10.5 Å². The first-order valence-electron chi connectivity index (χ1n) is 6.01. The van der Waals surface area contributed by atoms with Gasteiger partial charge in [0.15, 0.2) is 11.5 Å². The molecule has 3 rings (SSSR count). The minimum atomic E-state index is -1.11. The Hall–Kier alpha value is -3.09. The number of carboxylic acid groups (broad SMARTS) is 1. The molecule has 6 nitrogen and oxygen atoms in total. The minimum Gasteiger partial charge on any atom is -0.476 e. The van der Waals surface area contributed by atoms with Crippen LogP contribution in [0.15, 0.2) is 48.9 Å². The molecule has 0 unspecified atom stereocenters. The van der Waals surface area contributed by atoms with Crippen LogP contribution in [0.3, 0.4) is 0 Å². The molecule has 0 atom stereocenters. The molecule has 0 aliphatic rings. The van der Waals surface area contributed by atoms with Crippen molar-refractivity contribution >= 4 is 5.97 Å². The number of hydrogen-bond donors (Lipinski definition) is 1. The van der Waals surface area contributed by atoms with Gasteiger partial charge >= 0.3 is 5.97 Å². The molecule has 0 aliphatic heterocycles. The van der Waals surface area contributed by atoms with Gasteiger partial charge in [0.25, 0.3) is 0 Å². The fourth-order valence-electron chi connectivity index (χ4n) is 1.82. The van der Waals surface area contributed by atoms with Crippen LogP contribution in [0.5, 0.6) is 0 Å². The molecule has 0 saturated heterocycles. The third kappa shape index (κ3) is 2.62. The van der Waals surface area contributed by atoms with Crippen molar-refractivity contribution in [2.75, 3.05) is 0 Å². The molecule has 0 aliphatic carbocycles. The quantitative estimate of drug-likeness (QED) is 0.797. The zero-order valence-electron chi connectivity index (χ0n) is 10.6. The second-order valence-electron chi connectivity index (χ2n) is 4.22. The van der Waals surface area contributed by atoms with Crippen molar-refractivity contribution in [1.29, 1.82) is 0 Å². The van der Waals surface area contributed by atoms with E-state index < -0.39 is 5.97 Å². The molecule has 0 amide bonds. The molecule has 3 aromatic rings. The largest absolute Gasteiger partial charge is 0.476 e. The molecule has 0 spiro atoms. The molecule has 104 valence electrons. The summed E-state index contributed by atoms with van der Waals surface area (Å²) in [5.41, 5.74) is 1.25. The van der Waals surface area contributed by atoms with Crippen molar-refractivity contribution in [1.82, 2.24) is 19.7 Å². The maximum absolute atomic E-state index is 12.9. The van der Waals surface area contributed by atoms with Crippen LogP contribution in [0.25, 0.3) is 17.1 Å². The lowest BCUT2D eigenvalue weighted by Crippen LogP contribution is -2.03. The van der Waals surface area contributed by atoms with E-state index in [4.69, 9.17) is 5.11 Å². The third-order valence-corrected chi connectivity index (χ3v) is 2.84. The Morgan fingerprint density at radius 3 is 2.57 bits per heavy atom. The predicted molar refractivity (Wildman–Crippen MR) is 71.5 cm³/mol. The van der Waals surface area contributed by atoms with Crippen LogP contribution < -0.4 is 0 Å². The summed E-state index contributed by atoms with van der Waals surface area (Å²) in [6, 6.07) is 8.91. The number of carbonyl (C=O) groups is 1. The van der Waals surface area contributed by atoms with Crippen LogP contribution in [0, 0.1) is 5.82 Å². The molecule has 0 radical (unpaired) electrons. The lowest BCUT2D eigenvalue weighted by Gasteiger charge is -2.04. The van der Waals surface area contributed by atoms with Crippen molar-refractivity contribution in [2.45, 2.75) is 0 Å². The van der Waals surface area contributed by atoms with Crippen molar-refractivity contribution in [2.24, 2.45) is 0 Å². The Kier molecular flexibility index (Phi) is 3.15. The summed E-state index contributed by atoms with van der Waals surface area (Å²) in [7, 11) is 0. The lowest BCUT2D eigenvalue weighted by molar-refractivity contribution is 0.0690. The van der Waals surface area contributed by atoms with E-state index in [0.717, 1.165) is 5.56 Å². The number of hydrogen-bond acceptors (Lipinski definition) is 4. The second kappa shape index (κ2) is 5.12. The van der Waals surface area contributed by atoms with Gasteiger partial charge in [0.1, 0.15) is 12.1 Å². The Morgan fingerprint density at radius 1 is 1.14 bits per heavy atom. The van der Waals surface area contributed by atoms with Gasteiger partial charge < -0.3 is 5.11 Å². The van der Waals surface area contributed by atoms with Crippen LogP contribution in [-0.4, -0.2) is 30.8 Å². The SMILES string of the molecule is O=C(O)c1ccn(-c2cc(-c3ccc(F)cc3)ncn2)n1. The highest BCUT2D eigenvalue weighted by atomic mass is 19.1. The fraction of sp³-hybridized carbons (Fsp3) is 0. The summed E-state index contributed by atoms with van der Waals surface area (Å²) in [6.07, 6.45) is 2.84. The van der Waals surface area contributed by atoms with E-state index in [1.165, 1.54) is 35.4 Å². The molecule has 2 heterocycles. The van der Waals surface area contributed by atoms with Gasteiger partial charge in [-0.05, 0) is 30.3 Å². The highest BCUT2D eigenvalue weighted by molar-refractivity contribution is 5.85. The highest BCUT2D eigenvalue weighted by Crippen LogP contribution is 2.18. The molecule has 0 bridgehead atoms. The van der Waals surface area contributed by atoms with E-state index in [0.29, 0.717) is 11.5 Å². The van der Waals surface area contributed by atoms with Gasteiger partial charge in [-0.1, -0.05) is 0 Å². The molecule has 1 N–H and O–H groups in total. The molecular formula is C14H9FN4O2. The van der Waals surface area contributed by atoms with Gasteiger partial charge in [0, 0.05) is 17.8 Å². The van der Waals surface area contributed by atoms with Crippen molar-refractivity contribution < 1.29 is 14.3 Å². The molecular weight excluding hydrogens is 275 g/mol. The lowest BCUT2D eigenvalue weighted by atomic mass is 10.1. The normalized spacial score (nSPS) is 10.5. The average molecular weight is 284 g/mol. The Bertz CT molecular complexity index is 799. The Labute approximate surface area is 118 Å². The molecule has 0 saturated carbocycles. The molecule has 2 aromatic heterocycles. The first-order valence-corrected chi connectivity index (χ1v) is 6.01. The number of halogens is 1. The fourth-order valence-corrected chi connectivity index (χ4v) is 1.82. The summed E-state index contributed by atoms with van der Waals surface area (Å²) in [5.74, 6) is -1.01.